The first-order chi connectivity index (χ1) is 13.4. The number of benzene rings is 2. The van der Waals surface area contributed by atoms with Crippen molar-refractivity contribution in [2.75, 3.05) is 21.3 Å². The maximum Gasteiger partial charge on any atom is 0.271 e. The van der Waals surface area contributed by atoms with E-state index in [1.165, 1.54) is 45.6 Å². The van der Waals surface area contributed by atoms with Gasteiger partial charge in [0.1, 0.15) is 11.6 Å². The van der Waals surface area contributed by atoms with E-state index >= 15 is 0 Å². The summed E-state index contributed by atoms with van der Waals surface area (Å²) in [5, 5.41) is 14.2. The van der Waals surface area contributed by atoms with E-state index in [0.717, 1.165) is 0 Å². The molecule has 2 N–H and O–H groups in total. The van der Waals surface area contributed by atoms with E-state index in [9.17, 15) is 14.3 Å². The summed E-state index contributed by atoms with van der Waals surface area (Å²) in [6.45, 7) is 1.84. The first-order valence-corrected chi connectivity index (χ1v) is 8.59. The Labute approximate surface area is 161 Å². The number of phenols is 1. The summed E-state index contributed by atoms with van der Waals surface area (Å²) >= 11 is 0. The number of hydrogen-bond donors (Lipinski definition) is 2. The van der Waals surface area contributed by atoms with Crippen molar-refractivity contribution in [2.24, 2.45) is 5.10 Å². The first kappa shape index (κ1) is 19.5. The van der Waals surface area contributed by atoms with Crippen LogP contribution in [0.2, 0.25) is 0 Å². The number of rotatable bonds is 5. The molecule has 0 saturated heterocycles. The van der Waals surface area contributed by atoms with Crippen molar-refractivity contribution in [3.63, 3.8) is 0 Å². The minimum atomic E-state index is -0.510. The van der Waals surface area contributed by atoms with Gasteiger partial charge >= 0.3 is 0 Å². The van der Waals surface area contributed by atoms with Gasteiger partial charge in [-0.05, 0) is 36.6 Å². The molecule has 0 bridgehead atoms. The van der Waals surface area contributed by atoms with Gasteiger partial charge in [-0.1, -0.05) is 6.92 Å². The largest absolute Gasteiger partial charge is 0.507 e. The zero-order chi connectivity index (χ0) is 20.4. The molecule has 0 saturated carbocycles. The van der Waals surface area contributed by atoms with Crippen LogP contribution in [0.25, 0.3) is 0 Å². The smallest absolute Gasteiger partial charge is 0.271 e. The summed E-state index contributed by atoms with van der Waals surface area (Å²) in [5.74, 6) is -0.101. The van der Waals surface area contributed by atoms with Gasteiger partial charge in [0.25, 0.3) is 5.91 Å². The highest BCUT2D eigenvalue weighted by Gasteiger charge is 2.31. The van der Waals surface area contributed by atoms with Crippen LogP contribution in [-0.4, -0.2) is 38.1 Å². The van der Waals surface area contributed by atoms with Crippen LogP contribution in [0, 0.1) is 5.82 Å². The van der Waals surface area contributed by atoms with Gasteiger partial charge in [0.2, 0.25) is 5.75 Å². The number of carbonyl (C=O) groups excluding carboxylic acids is 1. The molecule has 1 amide bonds. The van der Waals surface area contributed by atoms with E-state index in [4.69, 9.17) is 14.2 Å². The third-order valence-electron chi connectivity index (χ3n) is 4.67. The van der Waals surface area contributed by atoms with E-state index in [-0.39, 0.29) is 17.2 Å². The van der Waals surface area contributed by atoms with Crippen LogP contribution in [0.1, 0.15) is 40.7 Å². The molecule has 0 heterocycles. The van der Waals surface area contributed by atoms with E-state index in [2.05, 4.69) is 10.5 Å². The highest BCUT2D eigenvalue weighted by atomic mass is 19.1. The van der Waals surface area contributed by atoms with Crippen molar-refractivity contribution in [1.29, 1.82) is 0 Å². The summed E-state index contributed by atoms with van der Waals surface area (Å²) in [5.41, 5.74) is 3.85. The van der Waals surface area contributed by atoms with E-state index in [1.807, 2.05) is 6.92 Å². The van der Waals surface area contributed by atoms with Gasteiger partial charge in [-0.25, -0.2) is 9.82 Å². The molecule has 148 valence electrons. The number of fused-ring (bicyclic) bond motifs is 1. The highest BCUT2D eigenvalue weighted by Crippen LogP contribution is 2.40. The Kier molecular flexibility index (Phi) is 5.39. The molecular formula is C20H21FN2O5. The lowest BCUT2D eigenvalue weighted by Crippen LogP contribution is -2.20. The molecule has 8 heteroatoms. The number of hydrazone groups is 1. The minimum Gasteiger partial charge on any atom is -0.507 e. The van der Waals surface area contributed by atoms with Crippen LogP contribution in [0.5, 0.6) is 23.0 Å². The topological polar surface area (TPSA) is 89.4 Å². The van der Waals surface area contributed by atoms with Crippen LogP contribution in [0.4, 0.5) is 4.39 Å². The van der Waals surface area contributed by atoms with E-state index < -0.39 is 11.7 Å². The number of hydrogen-bond acceptors (Lipinski definition) is 6. The van der Waals surface area contributed by atoms with Crippen molar-refractivity contribution in [3.8, 4) is 23.0 Å². The third kappa shape index (κ3) is 3.33. The molecule has 7 nitrogen and oxygen atoms in total. The first-order valence-electron chi connectivity index (χ1n) is 8.59. The minimum absolute atomic E-state index is 0.0680. The Morgan fingerprint density at radius 3 is 2.39 bits per heavy atom. The molecule has 28 heavy (non-hydrogen) atoms. The van der Waals surface area contributed by atoms with Crippen LogP contribution < -0.4 is 19.6 Å². The lowest BCUT2D eigenvalue weighted by Gasteiger charge is -2.13. The molecule has 0 aromatic heterocycles. The molecule has 2 aromatic carbocycles. The summed E-state index contributed by atoms with van der Waals surface area (Å²) in [6.07, 6.45) is 0.402. The number of carbonyl (C=O) groups is 1. The summed E-state index contributed by atoms with van der Waals surface area (Å²) in [7, 11) is 4.37. The molecule has 1 aliphatic rings. The summed E-state index contributed by atoms with van der Waals surface area (Å²) in [4.78, 5) is 12.6. The normalized spacial score (nSPS) is 16.6. The van der Waals surface area contributed by atoms with Gasteiger partial charge in [0.15, 0.2) is 11.5 Å². The maximum absolute atomic E-state index is 14.1. The number of nitrogens with zero attached hydrogens (tertiary/aromatic N) is 1. The summed E-state index contributed by atoms with van der Waals surface area (Å²) < 4.78 is 29.8. The van der Waals surface area contributed by atoms with Crippen molar-refractivity contribution in [3.05, 3.63) is 46.8 Å². The van der Waals surface area contributed by atoms with E-state index in [0.29, 0.717) is 40.5 Å². The molecule has 2 aromatic rings. The second-order valence-electron chi connectivity index (χ2n) is 6.37. The number of aromatic hydroxyl groups is 1. The van der Waals surface area contributed by atoms with Crippen molar-refractivity contribution < 1.29 is 28.5 Å². The molecule has 0 fully saturated rings. The Morgan fingerprint density at radius 2 is 1.82 bits per heavy atom. The second kappa shape index (κ2) is 7.75. The number of phenolic OH excluding ortho intramolecular Hbond substituents is 1. The number of methoxy groups -OCH3 is 3. The quantitative estimate of drug-likeness (QED) is 0.768. The van der Waals surface area contributed by atoms with Gasteiger partial charge in [-0.15, -0.1) is 0 Å². The monoisotopic (exact) mass is 388 g/mol. The van der Waals surface area contributed by atoms with Crippen LogP contribution in [0.3, 0.4) is 0 Å². The lowest BCUT2D eigenvalue weighted by atomic mass is 10.0. The fourth-order valence-corrected chi connectivity index (χ4v) is 3.36. The van der Waals surface area contributed by atoms with Crippen LogP contribution >= 0.6 is 0 Å². The maximum atomic E-state index is 14.1. The van der Waals surface area contributed by atoms with Crippen molar-refractivity contribution in [1.82, 2.24) is 5.43 Å². The van der Waals surface area contributed by atoms with Gasteiger partial charge in [0.05, 0.1) is 27.0 Å². The highest BCUT2D eigenvalue weighted by molar-refractivity contribution is 6.08. The molecular weight excluding hydrogens is 367 g/mol. The van der Waals surface area contributed by atoms with Crippen LogP contribution in [-0.2, 0) is 0 Å². The zero-order valence-electron chi connectivity index (χ0n) is 16.0. The zero-order valence-corrected chi connectivity index (χ0v) is 16.0. The molecule has 0 radical (unpaired) electrons. The number of nitrogens with one attached hydrogen (secondary N) is 1. The number of amides is 1. The predicted molar refractivity (Wildman–Crippen MR) is 101 cm³/mol. The average Bonchev–Trinajstić information content (AvgIpc) is 3.05. The van der Waals surface area contributed by atoms with Crippen molar-refractivity contribution in [2.45, 2.75) is 19.3 Å². The number of ether oxygens (including phenoxy) is 3. The Morgan fingerprint density at radius 1 is 1.18 bits per heavy atom. The van der Waals surface area contributed by atoms with Crippen LogP contribution in [0.15, 0.2) is 29.4 Å². The number of halogens is 1. The Hall–Kier alpha value is -3.29. The summed E-state index contributed by atoms with van der Waals surface area (Å²) in [6, 6.07) is 5.50. The fourth-order valence-electron chi connectivity index (χ4n) is 3.36. The standard InChI is InChI=1S/C20H21FN2O5/c1-10-7-13(18-14(24)6-5-12(21)17(10)18)22-23-20(25)11-8-15(26-2)19(28-4)16(9-11)27-3/h5-6,8-10,24H,7H2,1-4H3,(H,23,25)/b22-13+/t10-/m1/s1. The van der Waals surface area contributed by atoms with E-state index in [1.54, 1.807) is 0 Å². The molecule has 3 rings (SSSR count). The Balaban J connectivity index is 1.91. The molecule has 0 unspecified atom stereocenters. The molecule has 1 aliphatic carbocycles. The Bertz CT molecular complexity index is 933. The average molecular weight is 388 g/mol. The predicted octanol–water partition coefficient (Wildman–Crippen LogP) is 3.20. The van der Waals surface area contributed by atoms with Gasteiger partial charge in [-0.2, -0.15) is 5.10 Å². The SMILES string of the molecule is COc1cc(C(=O)N/N=C2\C[C@@H](C)c3c(F)ccc(O)c32)cc(OC)c1OC. The van der Waals surface area contributed by atoms with Gasteiger partial charge in [0, 0.05) is 16.7 Å². The fraction of sp³-hybridized carbons (Fsp3) is 0.300. The lowest BCUT2D eigenvalue weighted by molar-refractivity contribution is 0.0954. The molecule has 0 aliphatic heterocycles. The molecule has 1 atom stereocenters. The van der Waals surface area contributed by atoms with Gasteiger partial charge in [-0.3, -0.25) is 4.79 Å². The second-order valence-corrected chi connectivity index (χ2v) is 6.37. The molecule has 0 spiro atoms. The third-order valence-corrected chi connectivity index (χ3v) is 4.67. The van der Waals surface area contributed by atoms with Crippen molar-refractivity contribution >= 4 is 11.6 Å². The van der Waals surface area contributed by atoms with Gasteiger partial charge < -0.3 is 19.3 Å².